The van der Waals surface area contributed by atoms with Crippen LogP contribution in [0.2, 0.25) is 0 Å². The van der Waals surface area contributed by atoms with Crippen LogP contribution >= 0.6 is 0 Å². The van der Waals surface area contributed by atoms with Crippen LogP contribution in [0.3, 0.4) is 0 Å². The quantitative estimate of drug-likeness (QED) is 0.447. The number of allylic oxidation sites excluding steroid dienone is 3. The van der Waals surface area contributed by atoms with Crippen LogP contribution in [0.25, 0.3) is 0 Å². The van der Waals surface area contributed by atoms with Gasteiger partial charge in [-0.15, -0.1) is 0 Å². The molecule has 0 spiro atoms. The molecule has 0 aliphatic rings. The van der Waals surface area contributed by atoms with Gasteiger partial charge in [-0.1, -0.05) is 46.1 Å². The zero-order valence-corrected chi connectivity index (χ0v) is 8.17. The van der Waals surface area contributed by atoms with Gasteiger partial charge in [-0.25, -0.2) is 0 Å². The standard InChI is InChI=1S/C11H17N/c1-6-8-9-10(12-7-2)11(3,4)5/h6-9H,1-2H2,3-5H3/b9-8-,12-10+. The van der Waals surface area contributed by atoms with Gasteiger partial charge >= 0.3 is 0 Å². The molecule has 0 aromatic rings. The molecule has 0 saturated carbocycles. The van der Waals surface area contributed by atoms with Crippen molar-refractivity contribution in [3.63, 3.8) is 0 Å². The highest BCUT2D eigenvalue weighted by Gasteiger charge is 2.14. The van der Waals surface area contributed by atoms with Gasteiger partial charge in [-0.05, 0) is 6.08 Å². The lowest BCUT2D eigenvalue weighted by Crippen LogP contribution is -2.17. The van der Waals surface area contributed by atoms with E-state index in [1.165, 1.54) is 0 Å². The van der Waals surface area contributed by atoms with Crippen molar-refractivity contribution in [3.05, 3.63) is 37.6 Å². The average molecular weight is 163 g/mol. The monoisotopic (exact) mass is 163 g/mol. The molecule has 1 nitrogen and oxygen atoms in total. The number of nitrogens with zero attached hydrogens (tertiary/aromatic N) is 1. The fraction of sp³-hybridized carbons (Fsp3) is 0.364. The van der Waals surface area contributed by atoms with E-state index in [0.29, 0.717) is 0 Å². The first kappa shape index (κ1) is 10.9. The van der Waals surface area contributed by atoms with Gasteiger partial charge < -0.3 is 0 Å². The zero-order valence-electron chi connectivity index (χ0n) is 8.17. The minimum absolute atomic E-state index is 0.0632. The summed E-state index contributed by atoms with van der Waals surface area (Å²) in [4.78, 5) is 4.18. The molecular formula is C11H17N. The Bertz CT molecular complexity index is 214. The second-order valence-corrected chi connectivity index (χ2v) is 3.54. The molecule has 0 bridgehead atoms. The summed E-state index contributed by atoms with van der Waals surface area (Å²) in [5.74, 6) is 0. The normalized spacial score (nSPS) is 13.4. The van der Waals surface area contributed by atoms with Crippen molar-refractivity contribution in [2.75, 3.05) is 0 Å². The third-order valence-electron chi connectivity index (χ3n) is 1.39. The Hall–Kier alpha value is -1.11. The van der Waals surface area contributed by atoms with Gasteiger partial charge in [0.2, 0.25) is 0 Å². The highest BCUT2D eigenvalue weighted by Crippen LogP contribution is 2.17. The molecule has 0 aromatic heterocycles. The van der Waals surface area contributed by atoms with Crippen LogP contribution in [0, 0.1) is 5.41 Å². The predicted octanol–water partition coefficient (Wildman–Crippen LogP) is 3.36. The molecule has 0 saturated heterocycles. The highest BCUT2D eigenvalue weighted by atomic mass is 14.7. The maximum Gasteiger partial charge on any atom is 0.0456 e. The molecule has 66 valence electrons. The minimum Gasteiger partial charge on any atom is -0.261 e. The molecule has 0 heterocycles. The summed E-state index contributed by atoms with van der Waals surface area (Å²) in [5.41, 5.74) is 1.07. The summed E-state index contributed by atoms with van der Waals surface area (Å²) >= 11 is 0. The largest absolute Gasteiger partial charge is 0.261 e. The predicted molar refractivity (Wildman–Crippen MR) is 56.4 cm³/mol. The van der Waals surface area contributed by atoms with E-state index < -0.39 is 0 Å². The van der Waals surface area contributed by atoms with Crippen LogP contribution in [0.1, 0.15) is 20.8 Å². The summed E-state index contributed by atoms with van der Waals surface area (Å²) in [6.07, 6.45) is 7.14. The molecule has 0 amide bonds. The zero-order chi connectivity index (χ0) is 9.61. The van der Waals surface area contributed by atoms with Gasteiger partial charge in [-0.2, -0.15) is 0 Å². The molecule has 0 aromatic carbocycles. The maximum absolute atomic E-state index is 4.18. The van der Waals surface area contributed by atoms with E-state index in [1.54, 1.807) is 12.3 Å². The van der Waals surface area contributed by atoms with Gasteiger partial charge in [0.1, 0.15) is 0 Å². The number of rotatable bonds is 3. The van der Waals surface area contributed by atoms with Crippen molar-refractivity contribution in [3.8, 4) is 0 Å². The lowest BCUT2D eigenvalue weighted by molar-refractivity contribution is 0.594. The lowest BCUT2D eigenvalue weighted by Gasteiger charge is -2.17. The van der Waals surface area contributed by atoms with Crippen LogP contribution in [-0.4, -0.2) is 5.71 Å². The van der Waals surface area contributed by atoms with Gasteiger partial charge in [0.25, 0.3) is 0 Å². The maximum atomic E-state index is 4.18. The molecule has 0 aliphatic carbocycles. The van der Waals surface area contributed by atoms with Gasteiger partial charge in [0.05, 0.1) is 0 Å². The summed E-state index contributed by atoms with van der Waals surface area (Å²) in [6, 6.07) is 0. The van der Waals surface area contributed by atoms with E-state index >= 15 is 0 Å². The second kappa shape index (κ2) is 4.70. The number of hydrogen-bond acceptors (Lipinski definition) is 1. The Morgan fingerprint density at radius 3 is 2.17 bits per heavy atom. The molecule has 0 fully saturated rings. The average Bonchev–Trinajstić information content (AvgIpc) is 1.95. The van der Waals surface area contributed by atoms with Crippen molar-refractivity contribution in [1.82, 2.24) is 0 Å². The molecular weight excluding hydrogens is 146 g/mol. The Labute approximate surface area is 75.2 Å². The minimum atomic E-state index is 0.0632. The molecule has 0 rings (SSSR count). The highest BCUT2D eigenvalue weighted by molar-refractivity contribution is 5.99. The van der Waals surface area contributed by atoms with Crippen LogP contribution in [0.4, 0.5) is 0 Å². The van der Waals surface area contributed by atoms with Crippen molar-refractivity contribution < 1.29 is 0 Å². The molecule has 1 heteroatoms. The van der Waals surface area contributed by atoms with Crippen LogP contribution in [0.5, 0.6) is 0 Å². The summed E-state index contributed by atoms with van der Waals surface area (Å²) < 4.78 is 0. The Morgan fingerprint density at radius 1 is 1.25 bits per heavy atom. The molecule has 0 atom stereocenters. The van der Waals surface area contributed by atoms with E-state index in [4.69, 9.17) is 0 Å². The Morgan fingerprint density at radius 2 is 1.83 bits per heavy atom. The third-order valence-corrected chi connectivity index (χ3v) is 1.39. The second-order valence-electron chi connectivity index (χ2n) is 3.54. The van der Waals surface area contributed by atoms with Crippen molar-refractivity contribution in [2.24, 2.45) is 10.4 Å². The van der Waals surface area contributed by atoms with Crippen LogP contribution in [0.15, 0.2) is 42.6 Å². The Balaban J connectivity index is 4.68. The van der Waals surface area contributed by atoms with Crippen LogP contribution < -0.4 is 0 Å². The smallest absolute Gasteiger partial charge is 0.0456 e. The number of aliphatic imine (C=N–C) groups is 1. The van der Waals surface area contributed by atoms with Crippen molar-refractivity contribution in [2.45, 2.75) is 20.8 Å². The molecule has 0 N–H and O–H groups in total. The molecule has 12 heavy (non-hydrogen) atoms. The van der Waals surface area contributed by atoms with E-state index in [2.05, 4.69) is 38.9 Å². The summed E-state index contributed by atoms with van der Waals surface area (Å²) in [5, 5.41) is 0. The van der Waals surface area contributed by atoms with E-state index in [-0.39, 0.29) is 5.41 Å². The fourth-order valence-corrected chi connectivity index (χ4v) is 0.744. The van der Waals surface area contributed by atoms with Crippen LogP contribution in [-0.2, 0) is 0 Å². The Kier molecular flexibility index (Phi) is 4.27. The first-order valence-corrected chi connectivity index (χ1v) is 4.00. The SMILES string of the molecule is C=C/C=C\C(=N/C=C)C(C)(C)C. The van der Waals surface area contributed by atoms with E-state index in [9.17, 15) is 0 Å². The van der Waals surface area contributed by atoms with E-state index in [1.807, 2.05) is 12.2 Å². The first-order chi connectivity index (χ1) is 5.52. The lowest BCUT2D eigenvalue weighted by atomic mass is 9.89. The molecule has 0 unspecified atom stereocenters. The van der Waals surface area contributed by atoms with Crippen molar-refractivity contribution >= 4 is 5.71 Å². The fourth-order valence-electron chi connectivity index (χ4n) is 0.744. The number of hydrogen-bond donors (Lipinski definition) is 0. The summed E-state index contributed by atoms with van der Waals surface area (Å²) in [7, 11) is 0. The van der Waals surface area contributed by atoms with Gasteiger partial charge in [0, 0.05) is 17.3 Å². The topological polar surface area (TPSA) is 12.4 Å². The molecule has 0 aliphatic heterocycles. The third kappa shape index (κ3) is 3.91. The summed E-state index contributed by atoms with van der Waals surface area (Å²) in [6.45, 7) is 13.5. The van der Waals surface area contributed by atoms with Gasteiger partial charge in [0.15, 0.2) is 0 Å². The van der Waals surface area contributed by atoms with Gasteiger partial charge in [-0.3, -0.25) is 4.99 Å². The first-order valence-electron chi connectivity index (χ1n) is 4.00. The van der Waals surface area contributed by atoms with Crippen molar-refractivity contribution in [1.29, 1.82) is 0 Å². The molecule has 0 radical (unpaired) electrons. The van der Waals surface area contributed by atoms with E-state index in [0.717, 1.165) is 5.71 Å².